The Morgan fingerprint density at radius 1 is 1.37 bits per heavy atom. The molecule has 1 aromatic rings. The van der Waals surface area contributed by atoms with Gasteiger partial charge in [0.25, 0.3) is 0 Å². The molecule has 2 rings (SSSR count). The maximum atomic E-state index is 6.01. The molecular weight excluding hydrogens is 234 g/mol. The third-order valence-corrected chi connectivity index (χ3v) is 4.48. The van der Waals surface area contributed by atoms with E-state index in [0.29, 0.717) is 12.6 Å². The second-order valence-corrected chi connectivity index (χ2v) is 6.01. The minimum Gasteiger partial charge on any atom is -0.329 e. The number of nitrogens with zero attached hydrogens (tertiary/aromatic N) is 2. The quantitative estimate of drug-likeness (QED) is 0.906. The van der Waals surface area contributed by atoms with E-state index in [1.807, 2.05) is 18.5 Å². The fraction of sp³-hybridized carbons (Fsp3) is 0.688. The molecule has 2 N–H and O–H groups in total. The van der Waals surface area contributed by atoms with Crippen LogP contribution in [0.1, 0.15) is 44.7 Å². The molecule has 1 aromatic heterocycles. The van der Waals surface area contributed by atoms with Gasteiger partial charge >= 0.3 is 0 Å². The van der Waals surface area contributed by atoms with Crippen molar-refractivity contribution in [3.05, 3.63) is 30.1 Å². The molecule has 106 valence electrons. The molecule has 19 heavy (non-hydrogen) atoms. The maximum Gasteiger partial charge on any atom is 0.0485 e. The van der Waals surface area contributed by atoms with Gasteiger partial charge in [0.2, 0.25) is 0 Å². The highest BCUT2D eigenvalue weighted by Crippen LogP contribution is 2.28. The highest BCUT2D eigenvalue weighted by atomic mass is 15.2. The number of likely N-dealkylation sites (tertiary alicyclic amines) is 1. The van der Waals surface area contributed by atoms with Crippen LogP contribution in [-0.2, 0) is 0 Å². The van der Waals surface area contributed by atoms with Crippen LogP contribution in [0.5, 0.6) is 0 Å². The molecule has 1 aliphatic heterocycles. The highest BCUT2D eigenvalue weighted by Gasteiger charge is 2.24. The minimum absolute atomic E-state index is 0.333. The van der Waals surface area contributed by atoms with Gasteiger partial charge in [-0.2, -0.15) is 0 Å². The fourth-order valence-corrected chi connectivity index (χ4v) is 3.19. The first-order valence-corrected chi connectivity index (χ1v) is 7.56. The van der Waals surface area contributed by atoms with E-state index in [-0.39, 0.29) is 0 Å². The van der Waals surface area contributed by atoms with Gasteiger partial charge in [-0.1, -0.05) is 19.9 Å². The van der Waals surface area contributed by atoms with Gasteiger partial charge in [0, 0.05) is 25.0 Å². The summed E-state index contributed by atoms with van der Waals surface area (Å²) in [5.74, 6) is 1.67. The molecule has 0 saturated carbocycles. The fourth-order valence-electron chi connectivity index (χ4n) is 3.19. The van der Waals surface area contributed by atoms with E-state index in [2.05, 4.69) is 29.8 Å². The number of rotatable bonds is 4. The van der Waals surface area contributed by atoms with Crippen LogP contribution in [0, 0.1) is 11.8 Å². The Morgan fingerprint density at radius 2 is 2.21 bits per heavy atom. The molecule has 0 aliphatic carbocycles. The van der Waals surface area contributed by atoms with Gasteiger partial charge in [-0.05, 0) is 55.8 Å². The number of hydrogen-bond donors (Lipinski definition) is 1. The minimum atomic E-state index is 0.333. The van der Waals surface area contributed by atoms with Gasteiger partial charge in [-0.25, -0.2) is 0 Å². The third kappa shape index (κ3) is 3.77. The summed E-state index contributed by atoms with van der Waals surface area (Å²) in [6, 6.07) is 4.49. The monoisotopic (exact) mass is 261 g/mol. The van der Waals surface area contributed by atoms with Crippen molar-refractivity contribution in [1.29, 1.82) is 0 Å². The molecular formula is C16H27N3. The summed E-state index contributed by atoms with van der Waals surface area (Å²) in [6.45, 7) is 7.71. The predicted molar refractivity (Wildman–Crippen MR) is 79.8 cm³/mol. The van der Waals surface area contributed by atoms with E-state index in [1.165, 1.54) is 37.9 Å². The van der Waals surface area contributed by atoms with Crippen LogP contribution in [0.2, 0.25) is 0 Å². The van der Waals surface area contributed by atoms with E-state index in [9.17, 15) is 0 Å². The summed E-state index contributed by atoms with van der Waals surface area (Å²) in [6.07, 6.45) is 7.74. The van der Waals surface area contributed by atoms with E-state index < -0.39 is 0 Å². The first-order valence-electron chi connectivity index (χ1n) is 7.56. The lowest BCUT2D eigenvalue weighted by Crippen LogP contribution is -2.34. The molecule has 2 atom stereocenters. The van der Waals surface area contributed by atoms with Crippen LogP contribution in [0.25, 0.3) is 0 Å². The molecule has 0 aromatic carbocycles. The Hall–Kier alpha value is -0.930. The molecule has 3 nitrogen and oxygen atoms in total. The SMILES string of the molecule is CC(C)C1CCCN(C(CN)c2cccnc2)CC1. The highest BCUT2D eigenvalue weighted by molar-refractivity contribution is 5.14. The summed E-state index contributed by atoms with van der Waals surface area (Å²) in [4.78, 5) is 6.79. The van der Waals surface area contributed by atoms with Gasteiger partial charge < -0.3 is 5.73 Å². The van der Waals surface area contributed by atoms with Crippen molar-refractivity contribution < 1.29 is 0 Å². The summed E-state index contributed by atoms with van der Waals surface area (Å²) in [7, 11) is 0. The van der Waals surface area contributed by atoms with Crippen molar-refractivity contribution in [2.45, 2.75) is 39.2 Å². The molecule has 3 heteroatoms. The van der Waals surface area contributed by atoms with Crippen LogP contribution < -0.4 is 5.73 Å². The number of hydrogen-bond acceptors (Lipinski definition) is 3. The molecule has 1 aliphatic rings. The van der Waals surface area contributed by atoms with Gasteiger partial charge in [-0.3, -0.25) is 9.88 Å². The molecule has 2 heterocycles. The lowest BCUT2D eigenvalue weighted by atomic mass is 9.89. The molecule has 1 fully saturated rings. The van der Waals surface area contributed by atoms with Gasteiger partial charge in [0.15, 0.2) is 0 Å². The van der Waals surface area contributed by atoms with Gasteiger partial charge in [0.1, 0.15) is 0 Å². The Balaban J connectivity index is 2.04. The van der Waals surface area contributed by atoms with Crippen molar-refractivity contribution in [3.8, 4) is 0 Å². The van der Waals surface area contributed by atoms with Crippen molar-refractivity contribution in [1.82, 2.24) is 9.88 Å². The summed E-state index contributed by atoms with van der Waals surface area (Å²) in [5, 5.41) is 0. The van der Waals surface area contributed by atoms with E-state index in [1.54, 1.807) is 0 Å². The topological polar surface area (TPSA) is 42.1 Å². The first-order chi connectivity index (χ1) is 9.22. The summed E-state index contributed by atoms with van der Waals surface area (Å²) >= 11 is 0. The van der Waals surface area contributed by atoms with Crippen LogP contribution >= 0.6 is 0 Å². The van der Waals surface area contributed by atoms with Crippen LogP contribution in [0.15, 0.2) is 24.5 Å². The largest absolute Gasteiger partial charge is 0.329 e. The van der Waals surface area contributed by atoms with E-state index in [0.717, 1.165) is 11.8 Å². The number of nitrogens with two attached hydrogens (primary N) is 1. The van der Waals surface area contributed by atoms with Crippen molar-refractivity contribution in [2.24, 2.45) is 17.6 Å². The van der Waals surface area contributed by atoms with Gasteiger partial charge in [0.05, 0.1) is 0 Å². The molecule has 1 saturated heterocycles. The average Bonchev–Trinajstić information content (AvgIpc) is 2.67. The van der Waals surface area contributed by atoms with Crippen LogP contribution in [0.4, 0.5) is 0 Å². The second kappa shape index (κ2) is 7.01. The van der Waals surface area contributed by atoms with Crippen molar-refractivity contribution in [2.75, 3.05) is 19.6 Å². The molecule has 0 spiro atoms. The molecule has 2 unspecified atom stereocenters. The van der Waals surface area contributed by atoms with Crippen molar-refractivity contribution in [3.63, 3.8) is 0 Å². The maximum absolute atomic E-state index is 6.01. The second-order valence-electron chi connectivity index (χ2n) is 6.01. The van der Waals surface area contributed by atoms with Gasteiger partial charge in [-0.15, -0.1) is 0 Å². The predicted octanol–water partition coefficient (Wildman–Crippen LogP) is 2.84. The number of pyridine rings is 1. The standard InChI is InChI=1S/C16H27N3/c1-13(2)14-6-4-9-19(10-7-14)16(11-17)15-5-3-8-18-12-15/h3,5,8,12-14,16H,4,6-7,9-11,17H2,1-2H3. The normalized spacial score (nSPS) is 23.3. The van der Waals surface area contributed by atoms with Crippen molar-refractivity contribution >= 4 is 0 Å². The molecule has 0 amide bonds. The molecule has 0 radical (unpaired) electrons. The zero-order valence-corrected chi connectivity index (χ0v) is 12.3. The third-order valence-electron chi connectivity index (χ3n) is 4.48. The Morgan fingerprint density at radius 3 is 2.84 bits per heavy atom. The zero-order chi connectivity index (χ0) is 13.7. The summed E-state index contributed by atoms with van der Waals surface area (Å²) in [5.41, 5.74) is 7.27. The van der Waals surface area contributed by atoms with Crippen LogP contribution in [0.3, 0.4) is 0 Å². The lowest BCUT2D eigenvalue weighted by Gasteiger charge is -2.30. The summed E-state index contributed by atoms with van der Waals surface area (Å²) < 4.78 is 0. The zero-order valence-electron chi connectivity index (χ0n) is 12.3. The average molecular weight is 261 g/mol. The Bertz CT molecular complexity index is 364. The number of aromatic nitrogens is 1. The van der Waals surface area contributed by atoms with E-state index in [4.69, 9.17) is 5.73 Å². The van der Waals surface area contributed by atoms with Crippen LogP contribution in [-0.4, -0.2) is 29.5 Å². The van der Waals surface area contributed by atoms with E-state index >= 15 is 0 Å². The Kier molecular flexibility index (Phi) is 5.34. The molecule has 0 bridgehead atoms. The lowest BCUT2D eigenvalue weighted by molar-refractivity contribution is 0.203. The Labute approximate surface area is 117 Å². The first kappa shape index (κ1) is 14.5. The smallest absolute Gasteiger partial charge is 0.0485 e.